The van der Waals surface area contributed by atoms with E-state index in [-0.39, 0.29) is 0 Å². The van der Waals surface area contributed by atoms with E-state index in [0.29, 0.717) is 11.8 Å². The highest BCUT2D eigenvalue weighted by Crippen LogP contribution is 2.32. The molecule has 2 heterocycles. The van der Waals surface area contributed by atoms with Crippen LogP contribution < -0.4 is 5.73 Å². The molecular weight excluding hydrogens is 260 g/mol. The van der Waals surface area contributed by atoms with Gasteiger partial charge in [0.15, 0.2) is 5.58 Å². The number of aryl methyl sites for hydroxylation is 2. The maximum absolute atomic E-state index is 5.78. The Morgan fingerprint density at radius 3 is 2.89 bits per heavy atom. The van der Waals surface area contributed by atoms with Gasteiger partial charge in [0.05, 0.1) is 5.69 Å². The van der Waals surface area contributed by atoms with Gasteiger partial charge in [-0.3, -0.25) is 4.68 Å². The Kier molecular flexibility index (Phi) is 3.04. The van der Waals surface area contributed by atoms with Crippen molar-refractivity contribution in [1.29, 1.82) is 0 Å². The number of nitrogens with two attached hydrogens (primary N) is 1. The second-order valence-electron chi connectivity index (χ2n) is 4.25. The molecule has 0 radical (unpaired) electrons. The second-order valence-corrected chi connectivity index (χ2v) is 5.19. The summed E-state index contributed by atoms with van der Waals surface area (Å²) in [4.78, 5) is 4.45. The van der Waals surface area contributed by atoms with Crippen molar-refractivity contribution in [3.8, 4) is 0 Å². The van der Waals surface area contributed by atoms with Gasteiger partial charge in [0.1, 0.15) is 10.5 Å². The van der Waals surface area contributed by atoms with Gasteiger partial charge < -0.3 is 10.2 Å². The normalized spacial score (nSPS) is 11.3. The maximum atomic E-state index is 5.78. The van der Waals surface area contributed by atoms with Gasteiger partial charge in [-0.25, -0.2) is 4.98 Å². The Labute approximate surface area is 114 Å². The monoisotopic (exact) mass is 274 g/mol. The van der Waals surface area contributed by atoms with Crippen LogP contribution in [0.4, 0.5) is 0 Å². The smallest absolute Gasteiger partial charge is 0.263 e. The Bertz CT molecular complexity index is 698. The average molecular weight is 274 g/mol. The number of oxazole rings is 1. The fourth-order valence-corrected chi connectivity index (χ4v) is 2.99. The summed E-state index contributed by atoms with van der Waals surface area (Å²) < 4.78 is 7.52. The van der Waals surface area contributed by atoms with Crippen LogP contribution in [0.5, 0.6) is 0 Å². The molecule has 0 amide bonds. The summed E-state index contributed by atoms with van der Waals surface area (Å²) in [5, 5.41) is 5.97. The van der Waals surface area contributed by atoms with Crippen LogP contribution in [-0.4, -0.2) is 14.8 Å². The molecule has 0 bridgehead atoms. The van der Waals surface area contributed by atoms with E-state index in [4.69, 9.17) is 10.2 Å². The quantitative estimate of drug-likeness (QED) is 0.794. The van der Waals surface area contributed by atoms with Gasteiger partial charge in [0, 0.05) is 19.2 Å². The number of nitrogens with zero attached hydrogens (tertiary/aromatic N) is 3. The Balaban J connectivity index is 2.01. The van der Waals surface area contributed by atoms with E-state index < -0.39 is 0 Å². The number of hydrogen-bond donors (Lipinski definition) is 1. The minimum Gasteiger partial charge on any atom is -0.431 e. The van der Waals surface area contributed by atoms with E-state index in [1.807, 2.05) is 42.9 Å². The summed E-state index contributed by atoms with van der Waals surface area (Å²) in [6.07, 6.45) is 0. The predicted molar refractivity (Wildman–Crippen MR) is 74.0 cm³/mol. The highest BCUT2D eigenvalue weighted by molar-refractivity contribution is 7.99. The Hall–Kier alpha value is -1.79. The van der Waals surface area contributed by atoms with Crippen LogP contribution in [0.25, 0.3) is 11.1 Å². The first-order chi connectivity index (χ1) is 9.19. The lowest BCUT2D eigenvalue weighted by Gasteiger charge is -2.00. The van der Waals surface area contributed by atoms with Gasteiger partial charge in [0.2, 0.25) is 0 Å². The number of hydrogen-bond acceptors (Lipinski definition) is 5. The molecule has 6 heteroatoms. The summed E-state index contributed by atoms with van der Waals surface area (Å²) >= 11 is 1.45. The largest absolute Gasteiger partial charge is 0.431 e. The molecule has 0 aliphatic rings. The summed E-state index contributed by atoms with van der Waals surface area (Å²) in [6.45, 7) is 2.42. The van der Waals surface area contributed by atoms with Crippen molar-refractivity contribution in [2.45, 2.75) is 23.7 Å². The van der Waals surface area contributed by atoms with E-state index in [1.54, 1.807) is 0 Å². The average Bonchev–Trinajstić information content (AvgIpc) is 2.91. The molecule has 0 fully saturated rings. The lowest BCUT2D eigenvalue weighted by molar-refractivity contribution is 0.488. The predicted octanol–water partition coefficient (Wildman–Crippen LogP) is 2.48. The molecule has 2 N–H and O–H groups in total. The lowest BCUT2D eigenvalue weighted by Crippen LogP contribution is -1.99. The lowest BCUT2D eigenvalue weighted by atomic mass is 10.3. The number of aromatic nitrogens is 3. The highest BCUT2D eigenvalue weighted by Gasteiger charge is 2.16. The molecule has 2 aromatic heterocycles. The molecule has 3 rings (SSSR count). The zero-order valence-corrected chi connectivity index (χ0v) is 11.6. The van der Waals surface area contributed by atoms with E-state index in [1.165, 1.54) is 11.8 Å². The van der Waals surface area contributed by atoms with Crippen LogP contribution in [0, 0.1) is 6.92 Å². The van der Waals surface area contributed by atoms with Crippen molar-refractivity contribution in [2.24, 2.45) is 12.8 Å². The minimum absolute atomic E-state index is 0.461. The van der Waals surface area contributed by atoms with Crippen LogP contribution in [-0.2, 0) is 13.6 Å². The minimum atomic E-state index is 0.461. The zero-order valence-electron chi connectivity index (χ0n) is 10.8. The third kappa shape index (κ3) is 2.13. The molecule has 19 heavy (non-hydrogen) atoms. The van der Waals surface area contributed by atoms with Gasteiger partial charge in [0.25, 0.3) is 5.22 Å². The Morgan fingerprint density at radius 1 is 1.37 bits per heavy atom. The Morgan fingerprint density at radius 2 is 2.16 bits per heavy atom. The number of benzene rings is 1. The van der Waals surface area contributed by atoms with E-state index in [9.17, 15) is 0 Å². The van der Waals surface area contributed by atoms with Crippen molar-refractivity contribution in [2.75, 3.05) is 0 Å². The van der Waals surface area contributed by atoms with Crippen LogP contribution in [0.15, 0.2) is 38.9 Å². The number of rotatable bonds is 3. The standard InChI is InChI=1S/C13H14N4OS/c1-8-9(7-14)12(17(2)16-8)19-13-15-10-5-3-4-6-11(10)18-13/h3-6H,7,14H2,1-2H3. The summed E-state index contributed by atoms with van der Waals surface area (Å²) in [5.74, 6) is 0. The highest BCUT2D eigenvalue weighted by atomic mass is 32.2. The van der Waals surface area contributed by atoms with Crippen molar-refractivity contribution in [3.63, 3.8) is 0 Å². The molecule has 0 atom stereocenters. The van der Waals surface area contributed by atoms with Gasteiger partial charge in [-0.1, -0.05) is 12.1 Å². The third-order valence-corrected chi connectivity index (χ3v) is 4.00. The molecule has 98 valence electrons. The molecule has 0 saturated heterocycles. The first kappa shape index (κ1) is 12.3. The van der Waals surface area contributed by atoms with Gasteiger partial charge in [-0.2, -0.15) is 5.10 Å². The van der Waals surface area contributed by atoms with Crippen LogP contribution in [0.2, 0.25) is 0 Å². The summed E-state index contributed by atoms with van der Waals surface area (Å²) in [5.41, 5.74) is 9.41. The SMILES string of the molecule is Cc1nn(C)c(Sc2nc3ccccc3o2)c1CN. The van der Waals surface area contributed by atoms with Crippen molar-refractivity contribution in [1.82, 2.24) is 14.8 Å². The number of para-hydroxylation sites is 2. The van der Waals surface area contributed by atoms with Gasteiger partial charge in [-0.15, -0.1) is 0 Å². The fraction of sp³-hybridized carbons (Fsp3) is 0.231. The van der Waals surface area contributed by atoms with Crippen LogP contribution >= 0.6 is 11.8 Å². The first-order valence-electron chi connectivity index (χ1n) is 5.95. The van der Waals surface area contributed by atoms with Crippen molar-refractivity contribution < 1.29 is 4.42 Å². The van der Waals surface area contributed by atoms with E-state index in [0.717, 1.165) is 27.4 Å². The fourth-order valence-electron chi connectivity index (χ4n) is 2.02. The molecule has 5 nitrogen and oxygen atoms in total. The second kappa shape index (κ2) is 4.71. The molecule has 0 aliphatic carbocycles. The number of fused-ring (bicyclic) bond motifs is 1. The van der Waals surface area contributed by atoms with Crippen LogP contribution in [0.3, 0.4) is 0 Å². The molecule has 0 spiro atoms. The van der Waals surface area contributed by atoms with Crippen molar-refractivity contribution >= 4 is 22.9 Å². The topological polar surface area (TPSA) is 69.9 Å². The molecule has 0 aliphatic heterocycles. The maximum Gasteiger partial charge on any atom is 0.263 e. The van der Waals surface area contributed by atoms with E-state index in [2.05, 4.69) is 10.1 Å². The molecular formula is C13H14N4OS. The first-order valence-corrected chi connectivity index (χ1v) is 6.76. The molecule has 3 aromatic rings. The molecule has 0 unspecified atom stereocenters. The zero-order chi connectivity index (χ0) is 13.4. The third-order valence-electron chi connectivity index (χ3n) is 2.95. The van der Waals surface area contributed by atoms with Gasteiger partial charge >= 0.3 is 0 Å². The van der Waals surface area contributed by atoms with Gasteiger partial charge in [-0.05, 0) is 30.8 Å². The summed E-state index contributed by atoms with van der Waals surface area (Å²) in [6, 6.07) is 7.71. The van der Waals surface area contributed by atoms with E-state index >= 15 is 0 Å². The van der Waals surface area contributed by atoms with Crippen molar-refractivity contribution in [3.05, 3.63) is 35.5 Å². The molecule has 1 aromatic carbocycles. The molecule has 0 saturated carbocycles. The van der Waals surface area contributed by atoms with Crippen LogP contribution in [0.1, 0.15) is 11.3 Å². The summed E-state index contributed by atoms with van der Waals surface area (Å²) in [7, 11) is 1.90.